The van der Waals surface area contributed by atoms with E-state index in [4.69, 9.17) is 0 Å². The van der Waals surface area contributed by atoms with Crippen molar-refractivity contribution in [1.82, 2.24) is 4.57 Å². The van der Waals surface area contributed by atoms with Crippen LogP contribution in [0.3, 0.4) is 0 Å². The molecule has 2 nitrogen and oxygen atoms in total. The van der Waals surface area contributed by atoms with E-state index in [0.717, 1.165) is 11.6 Å². The van der Waals surface area contributed by atoms with Crippen molar-refractivity contribution in [3.8, 4) is 27.9 Å². The number of nitrogens with zero attached hydrogens (tertiary/aromatic N) is 2. The van der Waals surface area contributed by atoms with Gasteiger partial charge in [-0.3, -0.25) is 0 Å². The highest BCUT2D eigenvalue weighted by molar-refractivity contribution is 7.25. The van der Waals surface area contributed by atoms with Crippen molar-refractivity contribution < 1.29 is 0 Å². The lowest BCUT2D eigenvalue weighted by atomic mass is 9.47. The summed E-state index contributed by atoms with van der Waals surface area (Å²) < 4.78 is 5.29. The van der Waals surface area contributed by atoms with Crippen LogP contribution < -0.4 is 4.90 Å². The van der Waals surface area contributed by atoms with Gasteiger partial charge >= 0.3 is 0 Å². The van der Waals surface area contributed by atoms with E-state index in [2.05, 4.69) is 211 Å². The normalized spacial score (nSPS) is 20.0. The Morgan fingerprint density at radius 3 is 2.05 bits per heavy atom. The van der Waals surface area contributed by atoms with Gasteiger partial charge < -0.3 is 9.47 Å². The maximum atomic E-state index is 2.66. The van der Waals surface area contributed by atoms with Gasteiger partial charge in [-0.1, -0.05) is 153 Å². The molecule has 312 valence electrons. The van der Waals surface area contributed by atoms with Gasteiger partial charge in [0, 0.05) is 53.1 Å². The number of thiophene rings is 1. The summed E-state index contributed by atoms with van der Waals surface area (Å²) in [6.07, 6.45) is 6.46. The van der Waals surface area contributed by atoms with Gasteiger partial charge in [0.25, 0.3) is 0 Å². The Labute approximate surface area is 384 Å². The molecule has 65 heavy (non-hydrogen) atoms. The zero-order valence-electron chi connectivity index (χ0n) is 36.5. The summed E-state index contributed by atoms with van der Waals surface area (Å²) in [6.45, 7) is 2.52. The third kappa shape index (κ3) is 5.34. The second-order valence-corrected chi connectivity index (χ2v) is 20.3. The average molecular weight is 853 g/mol. The first kappa shape index (κ1) is 37.4. The van der Waals surface area contributed by atoms with Gasteiger partial charge in [0.05, 0.1) is 22.4 Å². The monoisotopic (exact) mass is 852 g/mol. The van der Waals surface area contributed by atoms with Crippen molar-refractivity contribution in [2.75, 3.05) is 4.90 Å². The lowest BCUT2D eigenvalue weighted by Gasteiger charge is -2.57. The van der Waals surface area contributed by atoms with Crippen molar-refractivity contribution in [1.29, 1.82) is 0 Å². The topological polar surface area (TPSA) is 8.17 Å². The highest BCUT2D eigenvalue weighted by Gasteiger charge is 2.56. The summed E-state index contributed by atoms with van der Waals surface area (Å²) in [7, 11) is 0. The summed E-state index contributed by atoms with van der Waals surface area (Å²) in [5, 5.41) is 7.84. The first-order chi connectivity index (χ1) is 32.1. The Balaban J connectivity index is 1.01. The standard InChI is InChI=1S/C62H48N2S/c1-39-35-42-17-13-18-43(36-39)62(42)53-25-8-10-27-57(53)64-56-26-9-6-22-49(56)52-37-45(38-54(62)61(52)64)63(55-28-12-16-40-15-2-3-20-47(40)55)44-33-31-41(32-34-44)46-19-4-5-21-48(46)50-24-14-30-59-60(50)51-23-7-11-29-58(51)65-59/h2-12,14-16,19-34,37-39,42-43H,13,17-18,35-36H2,1H3/t39?,42-,43+,62?. The van der Waals surface area contributed by atoms with Gasteiger partial charge in [0.1, 0.15) is 0 Å². The molecule has 14 rings (SSSR count). The number of para-hydroxylation sites is 2. The first-order valence-corrected chi connectivity index (χ1v) is 24.5. The molecule has 3 aliphatic rings. The molecule has 0 N–H and O–H groups in total. The van der Waals surface area contributed by atoms with Crippen molar-refractivity contribution >= 4 is 81.1 Å². The number of benzene rings is 9. The molecule has 0 saturated heterocycles. The maximum absolute atomic E-state index is 2.66. The van der Waals surface area contributed by atoms with Crippen molar-refractivity contribution in [3.63, 3.8) is 0 Å². The molecule has 0 radical (unpaired) electrons. The highest BCUT2D eigenvalue weighted by Crippen LogP contribution is 2.64. The smallest absolute Gasteiger partial charge is 0.0584 e. The number of hydrogen-bond acceptors (Lipinski definition) is 2. The van der Waals surface area contributed by atoms with Gasteiger partial charge in [-0.2, -0.15) is 0 Å². The molecule has 3 heterocycles. The van der Waals surface area contributed by atoms with Crippen molar-refractivity contribution in [2.24, 2.45) is 17.8 Å². The van der Waals surface area contributed by atoms with Gasteiger partial charge in [-0.05, 0) is 137 Å². The minimum atomic E-state index is -0.0470. The van der Waals surface area contributed by atoms with Crippen LogP contribution in [0.1, 0.15) is 50.2 Å². The molecular weight excluding hydrogens is 805 g/mol. The van der Waals surface area contributed by atoms with Crippen LogP contribution in [-0.4, -0.2) is 4.57 Å². The van der Waals surface area contributed by atoms with E-state index in [-0.39, 0.29) is 5.41 Å². The molecular formula is C62H48N2S. The Morgan fingerprint density at radius 1 is 0.523 bits per heavy atom. The number of aromatic nitrogens is 1. The van der Waals surface area contributed by atoms with Crippen LogP contribution in [0.15, 0.2) is 194 Å². The summed E-state index contributed by atoms with van der Waals surface area (Å²) in [6, 6.07) is 73.7. The number of anilines is 3. The zero-order chi connectivity index (χ0) is 42.8. The van der Waals surface area contributed by atoms with Gasteiger partial charge in [0.15, 0.2) is 0 Å². The van der Waals surface area contributed by atoms with E-state index in [0.29, 0.717) is 11.8 Å². The third-order valence-corrected chi connectivity index (χ3v) is 17.0. The van der Waals surface area contributed by atoms with Crippen LogP contribution in [0.2, 0.25) is 0 Å². The first-order valence-electron chi connectivity index (χ1n) is 23.7. The molecule has 2 bridgehead atoms. The summed E-state index contributed by atoms with van der Waals surface area (Å²) in [5.74, 6) is 1.93. The Kier molecular flexibility index (Phi) is 8.22. The molecule has 9 aromatic carbocycles. The average Bonchev–Trinajstić information content (AvgIpc) is 3.90. The maximum Gasteiger partial charge on any atom is 0.0584 e. The van der Waals surface area contributed by atoms with Crippen LogP contribution in [-0.2, 0) is 5.41 Å². The van der Waals surface area contributed by atoms with Crippen LogP contribution in [0.5, 0.6) is 0 Å². The van der Waals surface area contributed by atoms with Crippen molar-refractivity contribution in [2.45, 2.75) is 44.4 Å². The van der Waals surface area contributed by atoms with Crippen LogP contribution in [0.25, 0.3) is 80.7 Å². The SMILES string of the molecule is CC1C[C@H]2CCC[C@@H](C1)C21c2ccccc2-n2c3ccccc3c3cc(N(c4ccc(-c5ccccc5-c5cccc6sc7ccccc7c56)cc4)c4cccc5ccccc45)cc1c32. The fraction of sp³-hybridized carbons (Fsp3) is 0.161. The molecule has 2 unspecified atom stereocenters. The van der Waals surface area contributed by atoms with Gasteiger partial charge in [-0.25, -0.2) is 0 Å². The van der Waals surface area contributed by atoms with E-state index in [1.165, 1.54) is 130 Å². The molecule has 3 heteroatoms. The molecule has 2 aliphatic carbocycles. The third-order valence-electron chi connectivity index (χ3n) is 15.9. The molecule has 0 amide bonds. The summed E-state index contributed by atoms with van der Waals surface area (Å²) in [5.41, 5.74) is 15.7. The number of hydrogen-bond donors (Lipinski definition) is 0. The minimum absolute atomic E-state index is 0.0470. The van der Waals surface area contributed by atoms with Gasteiger partial charge in [-0.15, -0.1) is 11.3 Å². The predicted molar refractivity (Wildman–Crippen MR) is 277 cm³/mol. The molecule has 2 saturated carbocycles. The van der Waals surface area contributed by atoms with E-state index in [9.17, 15) is 0 Å². The van der Waals surface area contributed by atoms with Crippen LogP contribution >= 0.6 is 11.3 Å². The van der Waals surface area contributed by atoms with E-state index < -0.39 is 0 Å². The Bertz CT molecular complexity index is 3680. The Morgan fingerprint density at radius 2 is 1.18 bits per heavy atom. The summed E-state index contributed by atoms with van der Waals surface area (Å²) >= 11 is 1.88. The summed E-state index contributed by atoms with van der Waals surface area (Å²) in [4.78, 5) is 2.58. The zero-order valence-corrected chi connectivity index (χ0v) is 37.4. The van der Waals surface area contributed by atoms with Gasteiger partial charge in [0.2, 0.25) is 0 Å². The lowest BCUT2D eigenvalue weighted by Crippen LogP contribution is -2.52. The minimum Gasteiger partial charge on any atom is -0.310 e. The fourth-order valence-corrected chi connectivity index (χ4v) is 14.6. The largest absolute Gasteiger partial charge is 0.310 e. The predicted octanol–water partition coefficient (Wildman–Crippen LogP) is 17.6. The lowest BCUT2D eigenvalue weighted by molar-refractivity contribution is 0.0533. The molecule has 1 aliphatic heterocycles. The Hall–Kier alpha value is -6.94. The molecule has 2 aromatic heterocycles. The number of fused-ring (bicyclic) bond motifs is 9. The molecule has 4 atom stereocenters. The highest BCUT2D eigenvalue weighted by atomic mass is 32.1. The second-order valence-electron chi connectivity index (χ2n) is 19.2. The van der Waals surface area contributed by atoms with Crippen LogP contribution in [0, 0.1) is 17.8 Å². The fourth-order valence-electron chi connectivity index (χ4n) is 13.5. The van der Waals surface area contributed by atoms with E-state index in [1.807, 2.05) is 11.3 Å². The van der Waals surface area contributed by atoms with E-state index in [1.54, 1.807) is 5.56 Å². The van der Waals surface area contributed by atoms with E-state index >= 15 is 0 Å². The number of rotatable bonds is 5. The molecule has 1 spiro atoms. The molecule has 11 aromatic rings. The van der Waals surface area contributed by atoms with Crippen LogP contribution in [0.4, 0.5) is 17.1 Å². The second kappa shape index (κ2) is 14.3. The van der Waals surface area contributed by atoms with Crippen molar-refractivity contribution in [3.05, 3.63) is 205 Å². The quantitative estimate of drug-likeness (QED) is 0.167. The molecule has 2 fully saturated rings.